The summed E-state index contributed by atoms with van der Waals surface area (Å²) in [5.74, 6) is 4.04. The number of halogens is 1. The van der Waals surface area contributed by atoms with Gasteiger partial charge in [0.15, 0.2) is 11.8 Å². The number of unbranched alkanes of at least 4 members (excludes halogenated alkanes) is 1. The minimum atomic E-state index is 0. The predicted octanol–water partition coefficient (Wildman–Crippen LogP) is 4.11. The van der Waals surface area contributed by atoms with Crippen LogP contribution in [0.25, 0.3) is 0 Å². The number of rotatable bonds is 6. The molecule has 1 aliphatic heterocycles. The molecule has 0 saturated carbocycles. The van der Waals surface area contributed by atoms with E-state index in [1.807, 2.05) is 18.5 Å². The minimum Gasteiger partial charge on any atom is -0.356 e. The van der Waals surface area contributed by atoms with Gasteiger partial charge in [-0.25, -0.2) is 4.99 Å². The van der Waals surface area contributed by atoms with Crippen LogP contribution in [-0.4, -0.2) is 45.3 Å². The number of hydrogen-bond donors (Lipinski definition) is 1. The Balaban J connectivity index is 0.00000300. The zero-order valence-corrected chi connectivity index (χ0v) is 20.5. The number of aryl methyl sites for hydroxylation is 1. The molecule has 1 aliphatic rings. The van der Waals surface area contributed by atoms with Gasteiger partial charge in [-0.15, -0.1) is 34.2 Å². The molecular weight excluding hydrogens is 475 g/mol. The molecule has 1 aromatic carbocycles. The van der Waals surface area contributed by atoms with E-state index in [1.165, 1.54) is 12.0 Å². The van der Waals surface area contributed by atoms with Crippen molar-refractivity contribution < 1.29 is 0 Å². The molecule has 0 bridgehead atoms. The average Bonchev–Trinajstić information content (AvgIpc) is 3.03. The molecule has 7 heteroatoms. The third-order valence-electron chi connectivity index (χ3n) is 5.80. The number of aromatic nitrogens is 3. The quantitative estimate of drug-likeness (QED) is 0.275. The lowest BCUT2D eigenvalue weighted by Crippen LogP contribution is -2.48. The van der Waals surface area contributed by atoms with Gasteiger partial charge in [0, 0.05) is 26.7 Å². The highest BCUT2D eigenvalue weighted by atomic mass is 127. The van der Waals surface area contributed by atoms with Crippen LogP contribution in [0.5, 0.6) is 0 Å². The number of guanidine groups is 1. The first-order chi connectivity index (χ1) is 13.6. The highest BCUT2D eigenvalue weighted by molar-refractivity contribution is 14.0. The summed E-state index contributed by atoms with van der Waals surface area (Å²) in [6.07, 6.45) is 3.48. The van der Waals surface area contributed by atoms with E-state index in [0.29, 0.717) is 18.4 Å². The second-order valence-electron chi connectivity index (χ2n) is 7.87. The molecule has 0 amide bonds. The van der Waals surface area contributed by atoms with Crippen LogP contribution in [0.4, 0.5) is 0 Å². The fraction of sp³-hybridized carbons (Fsp3) is 0.591. The zero-order chi connectivity index (χ0) is 19.9. The van der Waals surface area contributed by atoms with Crippen LogP contribution < -0.4 is 5.32 Å². The fourth-order valence-electron chi connectivity index (χ4n) is 3.91. The zero-order valence-electron chi connectivity index (χ0n) is 18.1. The van der Waals surface area contributed by atoms with Gasteiger partial charge in [0.05, 0.1) is 0 Å². The molecule has 160 valence electrons. The molecule has 0 aliphatic carbocycles. The van der Waals surface area contributed by atoms with Crippen molar-refractivity contribution >= 4 is 29.9 Å². The summed E-state index contributed by atoms with van der Waals surface area (Å²) in [7, 11) is 2.00. The molecule has 2 unspecified atom stereocenters. The fourth-order valence-corrected chi connectivity index (χ4v) is 3.91. The second-order valence-corrected chi connectivity index (χ2v) is 7.87. The van der Waals surface area contributed by atoms with Crippen LogP contribution in [0.15, 0.2) is 35.3 Å². The molecule has 1 aromatic heterocycles. The maximum Gasteiger partial charge on any atom is 0.194 e. The van der Waals surface area contributed by atoms with E-state index in [-0.39, 0.29) is 24.0 Å². The standard InChI is InChI=1S/C22H34N6.HI/c1-5-6-13-23-22(24-15-21-26-25-18(3)27(21)4)28-14-12-20(17(2)16-28)19-10-8-7-9-11-19;/h7-11,17,20H,5-6,12-16H2,1-4H3,(H,23,24);1H. The number of hydrogen-bond acceptors (Lipinski definition) is 3. The van der Waals surface area contributed by atoms with Crippen LogP contribution in [0.2, 0.25) is 0 Å². The van der Waals surface area contributed by atoms with Crippen molar-refractivity contribution in [1.29, 1.82) is 0 Å². The van der Waals surface area contributed by atoms with Gasteiger partial charge in [-0.3, -0.25) is 0 Å². The second kappa shape index (κ2) is 11.5. The Kier molecular flexibility index (Phi) is 9.39. The van der Waals surface area contributed by atoms with E-state index in [9.17, 15) is 0 Å². The topological polar surface area (TPSA) is 58.3 Å². The molecule has 2 atom stereocenters. The SMILES string of the molecule is CCCCNC(=NCc1nnc(C)n1C)N1CCC(c2ccccc2)C(C)C1.I. The van der Waals surface area contributed by atoms with Gasteiger partial charge < -0.3 is 14.8 Å². The Hall–Kier alpha value is -1.64. The number of piperidine rings is 1. The van der Waals surface area contributed by atoms with E-state index in [1.54, 1.807) is 0 Å². The van der Waals surface area contributed by atoms with Crippen molar-refractivity contribution in [3.05, 3.63) is 47.5 Å². The van der Waals surface area contributed by atoms with Crippen LogP contribution in [0, 0.1) is 12.8 Å². The summed E-state index contributed by atoms with van der Waals surface area (Å²) in [5, 5.41) is 12.0. The summed E-state index contributed by atoms with van der Waals surface area (Å²) in [4.78, 5) is 7.32. The lowest BCUT2D eigenvalue weighted by atomic mass is 9.82. The van der Waals surface area contributed by atoms with Crippen LogP contribution in [0.1, 0.15) is 56.2 Å². The monoisotopic (exact) mass is 510 g/mol. The highest BCUT2D eigenvalue weighted by Gasteiger charge is 2.28. The van der Waals surface area contributed by atoms with Gasteiger partial charge >= 0.3 is 0 Å². The number of nitrogens with zero attached hydrogens (tertiary/aromatic N) is 5. The molecule has 0 spiro atoms. The predicted molar refractivity (Wildman–Crippen MR) is 130 cm³/mol. The van der Waals surface area contributed by atoms with Gasteiger partial charge in [0.25, 0.3) is 0 Å². The van der Waals surface area contributed by atoms with Gasteiger partial charge in [-0.05, 0) is 37.2 Å². The summed E-state index contributed by atoms with van der Waals surface area (Å²) < 4.78 is 2.01. The van der Waals surface area contributed by atoms with Crippen LogP contribution >= 0.6 is 24.0 Å². The largest absolute Gasteiger partial charge is 0.356 e. The van der Waals surface area contributed by atoms with Gasteiger partial charge in [0.2, 0.25) is 0 Å². The molecule has 0 radical (unpaired) electrons. The van der Waals surface area contributed by atoms with E-state index in [4.69, 9.17) is 4.99 Å². The van der Waals surface area contributed by atoms with Crippen molar-refractivity contribution in [3.63, 3.8) is 0 Å². The molecular formula is C22H35IN6. The number of benzene rings is 1. The first-order valence-corrected chi connectivity index (χ1v) is 10.5. The Morgan fingerprint density at radius 3 is 2.62 bits per heavy atom. The third kappa shape index (κ3) is 6.17. The van der Waals surface area contributed by atoms with Gasteiger partial charge in [0.1, 0.15) is 12.4 Å². The van der Waals surface area contributed by atoms with Crippen molar-refractivity contribution in [3.8, 4) is 0 Å². The number of aliphatic imine (C=N–C) groups is 1. The minimum absolute atomic E-state index is 0. The van der Waals surface area contributed by atoms with E-state index < -0.39 is 0 Å². The molecule has 6 nitrogen and oxygen atoms in total. The number of likely N-dealkylation sites (tertiary alicyclic amines) is 1. The molecule has 1 N–H and O–H groups in total. The van der Waals surface area contributed by atoms with E-state index in [0.717, 1.165) is 50.1 Å². The third-order valence-corrected chi connectivity index (χ3v) is 5.80. The lowest BCUT2D eigenvalue weighted by Gasteiger charge is -2.39. The molecule has 29 heavy (non-hydrogen) atoms. The van der Waals surface area contributed by atoms with Crippen molar-refractivity contribution in [2.24, 2.45) is 18.0 Å². The molecule has 2 heterocycles. The van der Waals surface area contributed by atoms with Crippen molar-refractivity contribution in [2.45, 2.75) is 52.5 Å². The summed E-state index contributed by atoms with van der Waals surface area (Å²) >= 11 is 0. The first kappa shape index (κ1) is 23.6. The maximum absolute atomic E-state index is 4.90. The first-order valence-electron chi connectivity index (χ1n) is 10.5. The maximum atomic E-state index is 4.90. The Bertz CT molecular complexity index is 773. The highest BCUT2D eigenvalue weighted by Crippen LogP contribution is 2.32. The number of nitrogens with one attached hydrogen (secondary N) is 1. The normalized spacial score (nSPS) is 19.7. The average molecular weight is 510 g/mol. The molecule has 2 aromatic rings. The van der Waals surface area contributed by atoms with Gasteiger partial charge in [-0.1, -0.05) is 50.6 Å². The van der Waals surface area contributed by atoms with Crippen molar-refractivity contribution in [2.75, 3.05) is 19.6 Å². The Morgan fingerprint density at radius 1 is 1.24 bits per heavy atom. The summed E-state index contributed by atoms with van der Waals surface area (Å²) in [6.45, 7) is 10.1. The van der Waals surface area contributed by atoms with Gasteiger partial charge in [-0.2, -0.15) is 0 Å². The Labute approximate surface area is 192 Å². The molecule has 3 rings (SSSR count). The van der Waals surface area contributed by atoms with Crippen molar-refractivity contribution in [1.82, 2.24) is 25.0 Å². The summed E-state index contributed by atoms with van der Waals surface area (Å²) in [5.41, 5.74) is 1.46. The smallest absolute Gasteiger partial charge is 0.194 e. The van der Waals surface area contributed by atoms with E-state index >= 15 is 0 Å². The molecule has 1 saturated heterocycles. The van der Waals surface area contributed by atoms with E-state index in [2.05, 4.69) is 64.6 Å². The van der Waals surface area contributed by atoms with Crippen LogP contribution in [0.3, 0.4) is 0 Å². The Morgan fingerprint density at radius 2 is 2.00 bits per heavy atom. The summed E-state index contributed by atoms with van der Waals surface area (Å²) in [6, 6.07) is 10.9. The van der Waals surface area contributed by atoms with Crippen LogP contribution in [-0.2, 0) is 13.6 Å². The molecule has 1 fully saturated rings. The lowest BCUT2D eigenvalue weighted by molar-refractivity contribution is 0.234.